The Hall–Kier alpha value is -1.47. The molecule has 0 saturated heterocycles. The van der Waals surface area contributed by atoms with Gasteiger partial charge in [0.1, 0.15) is 5.82 Å². The van der Waals surface area contributed by atoms with Gasteiger partial charge in [-0.05, 0) is 19.1 Å². The molecule has 0 spiro atoms. The summed E-state index contributed by atoms with van der Waals surface area (Å²) in [5.41, 5.74) is 0.112. The number of hydrogen-bond donors (Lipinski definition) is 0. The van der Waals surface area contributed by atoms with Crippen molar-refractivity contribution in [1.82, 2.24) is 4.98 Å². The maximum atomic E-state index is 13.4. The maximum absolute atomic E-state index is 13.4. The van der Waals surface area contributed by atoms with Gasteiger partial charge in [-0.2, -0.15) is 0 Å². The van der Waals surface area contributed by atoms with E-state index in [1.807, 2.05) is 0 Å². The van der Waals surface area contributed by atoms with E-state index in [4.69, 9.17) is 0 Å². The van der Waals surface area contributed by atoms with Gasteiger partial charge in [-0.1, -0.05) is 6.07 Å². The highest BCUT2D eigenvalue weighted by Crippen LogP contribution is 2.26. The van der Waals surface area contributed by atoms with E-state index in [1.54, 1.807) is 5.38 Å². The van der Waals surface area contributed by atoms with Crippen molar-refractivity contribution in [1.29, 1.82) is 0 Å². The van der Waals surface area contributed by atoms with Crippen molar-refractivity contribution >= 4 is 26.5 Å². The lowest BCUT2D eigenvalue weighted by Crippen LogP contribution is -2.27. The average molecular weight is 286 g/mol. The highest BCUT2D eigenvalue weighted by molar-refractivity contribution is 7.93. The molecule has 2 aromatic rings. The van der Waals surface area contributed by atoms with Crippen LogP contribution in [0.15, 0.2) is 34.7 Å². The summed E-state index contributed by atoms with van der Waals surface area (Å²) >= 11 is 1.20. The second kappa shape index (κ2) is 4.66. The molecule has 0 aliphatic rings. The van der Waals surface area contributed by atoms with E-state index in [0.29, 0.717) is 5.13 Å². The molecule has 0 radical (unpaired) electrons. The van der Waals surface area contributed by atoms with Crippen LogP contribution >= 0.6 is 11.3 Å². The Morgan fingerprint density at radius 3 is 2.72 bits per heavy atom. The summed E-state index contributed by atoms with van der Waals surface area (Å²) in [5, 5.41) is 2.03. The van der Waals surface area contributed by atoms with Gasteiger partial charge in [-0.3, -0.25) is 0 Å². The first-order chi connectivity index (χ1) is 8.44. The molecule has 0 amide bonds. The van der Waals surface area contributed by atoms with Gasteiger partial charge in [0.25, 0.3) is 10.0 Å². The van der Waals surface area contributed by atoms with Crippen LogP contribution in [0, 0.1) is 12.7 Å². The quantitative estimate of drug-likeness (QED) is 0.870. The van der Waals surface area contributed by atoms with E-state index in [0.717, 1.165) is 4.31 Å². The molecule has 2 rings (SSSR count). The highest BCUT2D eigenvalue weighted by atomic mass is 32.2. The molecule has 7 heteroatoms. The zero-order valence-corrected chi connectivity index (χ0v) is 11.4. The Balaban J connectivity index is 2.52. The van der Waals surface area contributed by atoms with Crippen molar-refractivity contribution in [2.45, 2.75) is 11.8 Å². The van der Waals surface area contributed by atoms with E-state index in [9.17, 15) is 12.8 Å². The number of sulfonamides is 1. The fourth-order valence-corrected chi connectivity index (χ4v) is 3.71. The van der Waals surface area contributed by atoms with Gasteiger partial charge >= 0.3 is 0 Å². The van der Waals surface area contributed by atoms with Crippen LogP contribution in [0.3, 0.4) is 0 Å². The van der Waals surface area contributed by atoms with E-state index in [2.05, 4.69) is 4.98 Å². The minimum Gasteiger partial charge on any atom is -0.244 e. The Kier molecular flexibility index (Phi) is 3.36. The van der Waals surface area contributed by atoms with Crippen LogP contribution < -0.4 is 4.31 Å². The predicted molar refractivity (Wildman–Crippen MR) is 68.8 cm³/mol. The smallest absolute Gasteiger partial charge is 0.244 e. The minimum absolute atomic E-state index is 0.0415. The molecule has 1 aromatic carbocycles. The molecule has 18 heavy (non-hydrogen) atoms. The first kappa shape index (κ1) is 13.0. The first-order valence-corrected chi connectivity index (χ1v) is 7.40. The predicted octanol–water partition coefficient (Wildman–Crippen LogP) is 2.42. The molecular formula is C11H11FN2O2S2. The summed E-state index contributed by atoms with van der Waals surface area (Å²) in [6, 6.07) is 4.00. The van der Waals surface area contributed by atoms with Gasteiger partial charge in [0.05, 0.1) is 4.90 Å². The minimum atomic E-state index is -3.77. The fourth-order valence-electron chi connectivity index (χ4n) is 1.49. The lowest BCUT2D eigenvalue weighted by molar-refractivity contribution is 0.585. The number of aromatic nitrogens is 1. The lowest BCUT2D eigenvalue weighted by Gasteiger charge is -2.17. The highest BCUT2D eigenvalue weighted by Gasteiger charge is 2.25. The summed E-state index contributed by atoms with van der Waals surface area (Å²) < 4.78 is 39.1. The van der Waals surface area contributed by atoms with E-state index in [-0.39, 0.29) is 10.5 Å². The van der Waals surface area contributed by atoms with Crippen LogP contribution in [0.1, 0.15) is 5.56 Å². The summed E-state index contributed by atoms with van der Waals surface area (Å²) in [7, 11) is -2.37. The first-order valence-electron chi connectivity index (χ1n) is 5.08. The van der Waals surface area contributed by atoms with Gasteiger partial charge in [0.15, 0.2) is 5.13 Å². The van der Waals surface area contributed by atoms with E-state index >= 15 is 0 Å². The molecule has 0 saturated carbocycles. The van der Waals surface area contributed by atoms with Gasteiger partial charge in [0, 0.05) is 24.2 Å². The molecule has 0 bridgehead atoms. The Morgan fingerprint density at radius 1 is 1.39 bits per heavy atom. The lowest BCUT2D eigenvalue weighted by atomic mass is 10.2. The van der Waals surface area contributed by atoms with E-state index in [1.165, 1.54) is 49.7 Å². The van der Waals surface area contributed by atoms with Crippen molar-refractivity contribution in [2.75, 3.05) is 11.4 Å². The molecular weight excluding hydrogens is 275 g/mol. The largest absolute Gasteiger partial charge is 0.266 e. The molecule has 0 fully saturated rings. The van der Waals surface area contributed by atoms with Crippen molar-refractivity contribution in [3.05, 3.63) is 41.2 Å². The Morgan fingerprint density at radius 2 is 2.11 bits per heavy atom. The number of nitrogens with zero attached hydrogens (tertiary/aromatic N) is 2. The Bertz CT molecular complexity index is 654. The molecule has 1 heterocycles. The van der Waals surface area contributed by atoms with Gasteiger partial charge < -0.3 is 0 Å². The second-order valence-corrected chi connectivity index (χ2v) is 6.46. The van der Waals surface area contributed by atoms with Crippen molar-refractivity contribution in [2.24, 2.45) is 0 Å². The van der Waals surface area contributed by atoms with Crippen LogP contribution in [-0.2, 0) is 10.0 Å². The zero-order chi connectivity index (χ0) is 13.3. The third-order valence-electron chi connectivity index (χ3n) is 2.55. The summed E-state index contributed by atoms with van der Waals surface area (Å²) in [6.45, 7) is 1.44. The molecule has 1 aromatic heterocycles. The summed E-state index contributed by atoms with van der Waals surface area (Å²) in [6.07, 6.45) is 1.52. The summed E-state index contributed by atoms with van der Waals surface area (Å²) in [5.74, 6) is -0.538. The summed E-state index contributed by atoms with van der Waals surface area (Å²) in [4.78, 5) is 3.89. The Labute approximate surface area is 109 Å². The average Bonchev–Trinajstić information content (AvgIpc) is 2.85. The van der Waals surface area contributed by atoms with Crippen LogP contribution in [0.4, 0.5) is 9.52 Å². The molecule has 4 nitrogen and oxygen atoms in total. The molecule has 0 N–H and O–H groups in total. The second-order valence-electron chi connectivity index (χ2n) is 3.65. The SMILES string of the molecule is Cc1c(F)cccc1S(=O)(=O)N(C)c1nccs1. The maximum Gasteiger partial charge on any atom is 0.266 e. The van der Waals surface area contributed by atoms with Gasteiger partial charge in [0.2, 0.25) is 0 Å². The molecule has 0 aliphatic heterocycles. The number of rotatable bonds is 3. The standard InChI is InChI=1S/C11H11FN2O2S2/c1-8-9(12)4-3-5-10(8)18(15,16)14(2)11-13-6-7-17-11/h3-7H,1-2H3. The zero-order valence-electron chi connectivity index (χ0n) is 9.79. The number of benzene rings is 1. The molecule has 96 valence electrons. The molecule has 0 atom stereocenters. The van der Waals surface area contributed by atoms with Gasteiger partial charge in [-0.25, -0.2) is 22.1 Å². The number of hydrogen-bond acceptors (Lipinski definition) is 4. The van der Waals surface area contributed by atoms with Crippen molar-refractivity contribution in [3.8, 4) is 0 Å². The van der Waals surface area contributed by atoms with Crippen molar-refractivity contribution < 1.29 is 12.8 Å². The number of anilines is 1. The van der Waals surface area contributed by atoms with Crippen LogP contribution in [0.25, 0.3) is 0 Å². The molecule has 0 aliphatic carbocycles. The van der Waals surface area contributed by atoms with Crippen LogP contribution in [0.5, 0.6) is 0 Å². The number of thiazole rings is 1. The third kappa shape index (κ3) is 2.11. The fraction of sp³-hybridized carbons (Fsp3) is 0.182. The van der Waals surface area contributed by atoms with Crippen LogP contribution in [-0.4, -0.2) is 20.4 Å². The monoisotopic (exact) mass is 286 g/mol. The molecule has 0 unspecified atom stereocenters. The van der Waals surface area contributed by atoms with Crippen LogP contribution in [0.2, 0.25) is 0 Å². The number of halogens is 1. The third-order valence-corrected chi connectivity index (χ3v) is 5.40. The van der Waals surface area contributed by atoms with E-state index < -0.39 is 15.8 Å². The topological polar surface area (TPSA) is 50.3 Å². The van der Waals surface area contributed by atoms with Crippen molar-refractivity contribution in [3.63, 3.8) is 0 Å². The van der Waals surface area contributed by atoms with Gasteiger partial charge in [-0.15, -0.1) is 11.3 Å². The normalized spacial score (nSPS) is 11.5.